The molecule has 2 heteroatoms. The minimum Gasteiger partial charge on any atom is -0.260 e. The smallest absolute Gasteiger partial charge is 0.0514 e. The van der Waals surface area contributed by atoms with Crippen LogP contribution in [-0.2, 0) is 0 Å². The first-order chi connectivity index (χ1) is 5.66. The second-order valence-corrected chi connectivity index (χ2v) is 3.74. The van der Waals surface area contributed by atoms with Gasteiger partial charge in [-0.2, -0.15) is 0 Å². The summed E-state index contributed by atoms with van der Waals surface area (Å²) in [5.74, 6) is 0. The third-order valence-corrected chi connectivity index (χ3v) is 2.92. The maximum atomic E-state index is 4.29. The molecule has 0 aliphatic heterocycles. The van der Waals surface area contributed by atoms with Crippen molar-refractivity contribution in [3.05, 3.63) is 35.0 Å². The molecule has 0 saturated heterocycles. The largest absolute Gasteiger partial charge is 0.260 e. The first kappa shape index (κ1) is 9.33. The summed E-state index contributed by atoms with van der Waals surface area (Å²) < 4.78 is 0. The molecule has 1 aromatic heterocycles. The SMILES string of the molecule is C=CSc1c(C)ncc(C)c1C. The Bertz CT molecular complexity index is 305. The molecule has 1 aromatic rings. The molecule has 0 aliphatic carbocycles. The first-order valence-corrected chi connectivity index (χ1v) is 4.75. The molecule has 0 aromatic carbocycles. The summed E-state index contributed by atoms with van der Waals surface area (Å²) in [5.41, 5.74) is 3.64. The highest BCUT2D eigenvalue weighted by molar-refractivity contribution is 8.02. The van der Waals surface area contributed by atoms with Gasteiger partial charge in [-0.1, -0.05) is 18.3 Å². The normalized spacial score (nSPS) is 9.92. The van der Waals surface area contributed by atoms with Crippen LogP contribution in [0.3, 0.4) is 0 Å². The highest BCUT2D eigenvalue weighted by Crippen LogP contribution is 2.26. The monoisotopic (exact) mass is 179 g/mol. The third-order valence-electron chi connectivity index (χ3n) is 1.91. The summed E-state index contributed by atoms with van der Waals surface area (Å²) >= 11 is 1.64. The average Bonchev–Trinajstić information content (AvgIpc) is 2.06. The van der Waals surface area contributed by atoms with Crippen molar-refractivity contribution in [1.29, 1.82) is 0 Å². The lowest BCUT2D eigenvalue weighted by Gasteiger charge is -2.07. The zero-order valence-electron chi connectivity index (χ0n) is 7.72. The van der Waals surface area contributed by atoms with E-state index in [9.17, 15) is 0 Å². The van der Waals surface area contributed by atoms with Gasteiger partial charge in [0.05, 0.1) is 5.69 Å². The molecule has 0 radical (unpaired) electrons. The summed E-state index contributed by atoms with van der Waals surface area (Å²) in [6.45, 7) is 9.93. The number of pyridine rings is 1. The molecule has 0 atom stereocenters. The van der Waals surface area contributed by atoms with E-state index >= 15 is 0 Å². The zero-order valence-corrected chi connectivity index (χ0v) is 8.53. The Labute approximate surface area is 77.9 Å². The Hall–Kier alpha value is -0.760. The van der Waals surface area contributed by atoms with Crippen LogP contribution in [0.5, 0.6) is 0 Å². The van der Waals surface area contributed by atoms with Crippen molar-refractivity contribution in [3.8, 4) is 0 Å². The molecule has 1 nitrogen and oxygen atoms in total. The van der Waals surface area contributed by atoms with E-state index in [0.717, 1.165) is 5.69 Å². The van der Waals surface area contributed by atoms with Crippen molar-refractivity contribution >= 4 is 11.8 Å². The van der Waals surface area contributed by atoms with Gasteiger partial charge in [0.15, 0.2) is 0 Å². The molecule has 64 valence electrons. The summed E-state index contributed by atoms with van der Waals surface area (Å²) in [6, 6.07) is 0. The van der Waals surface area contributed by atoms with Crippen molar-refractivity contribution in [3.63, 3.8) is 0 Å². The van der Waals surface area contributed by atoms with E-state index in [-0.39, 0.29) is 0 Å². The van der Waals surface area contributed by atoms with Crippen LogP contribution in [0, 0.1) is 20.8 Å². The van der Waals surface area contributed by atoms with Crippen LogP contribution in [-0.4, -0.2) is 4.98 Å². The minimum atomic E-state index is 1.09. The number of hydrogen-bond donors (Lipinski definition) is 0. The van der Waals surface area contributed by atoms with E-state index in [1.54, 1.807) is 11.8 Å². The van der Waals surface area contributed by atoms with Crippen molar-refractivity contribution in [1.82, 2.24) is 4.98 Å². The highest BCUT2D eigenvalue weighted by atomic mass is 32.2. The molecule has 0 N–H and O–H groups in total. The first-order valence-electron chi connectivity index (χ1n) is 3.87. The number of hydrogen-bond acceptors (Lipinski definition) is 2. The predicted octanol–water partition coefficient (Wildman–Crippen LogP) is 3.24. The van der Waals surface area contributed by atoms with Gasteiger partial charge in [-0.05, 0) is 37.3 Å². The minimum absolute atomic E-state index is 1.09. The van der Waals surface area contributed by atoms with Crippen LogP contribution in [0.2, 0.25) is 0 Å². The van der Waals surface area contributed by atoms with E-state index in [4.69, 9.17) is 0 Å². The lowest BCUT2D eigenvalue weighted by atomic mass is 10.1. The number of thioether (sulfide) groups is 1. The molecule has 0 spiro atoms. The standard InChI is InChI=1S/C10H13NS/c1-5-12-10-8(3)7(2)6-11-9(10)4/h5-6H,1H2,2-4H3. The Kier molecular flexibility index (Phi) is 2.93. The van der Waals surface area contributed by atoms with Crippen molar-refractivity contribution in [2.75, 3.05) is 0 Å². The second kappa shape index (κ2) is 3.76. The van der Waals surface area contributed by atoms with Crippen molar-refractivity contribution in [2.24, 2.45) is 0 Å². The summed E-state index contributed by atoms with van der Waals surface area (Å²) in [5, 5.41) is 1.84. The molecule has 0 aliphatic rings. The van der Waals surface area contributed by atoms with Crippen LogP contribution >= 0.6 is 11.8 Å². The van der Waals surface area contributed by atoms with Crippen LogP contribution in [0.25, 0.3) is 0 Å². The molecule has 1 heterocycles. The Morgan fingerprint density at radius 2 is 2.08 bits per heavy atom. The van der Waals surface area contributed by atoms with E-state index in [2.05, 4.69) is 25.4 Å². The predicted molar refractivity (Wildman–Crippen MR) is 54.5 cm³/mol. The maximum absolute atomic E-state index is 4.29. The van der Waals surface area contributed by atoms with Gasteiger partial charge < -0.3 is 0 Å². The number of nitrogens with zero attached hydrogens (tertiary/aromatic N) is 1. The van der Waals surface area contributed by atoms with Crippen LogP contribution < -0.4 is 0 Å². The Morgan fingerprint density at radius 1 is 1.42 bits per heavy atom. The molecule has 0 unspecified atom stereocenters. The second-order valence-electron chi connectivity index (χ2n) is 2.77. The van der Waals surface area contributed by atoms with Gasteiger partial charge in [0, 0.05) is 11.1 Å². The topological polar surface area (TPSA) is 12.9 Å². The molecule has 0 saturated carbocycles. The van der Waals surface area contributed by atoms with Gasteiger partial charge in [0.1, 0.15) is 0 Å². The van der Waals surface area contributed by atoms with Gasteiger partial charge in [0.2, 0.25) is 0 Å². The van der Waals surface area contributed by atoms with Gasteiger partial charge in [-0.15, -0.1) is 0 Å². The number of aromatic nitrogens is 1. The van der Waals surface area contributed by atoms with Crippen molar-refractivity contribution < 1.29 is 0 Å². The van der Waals surface area contributed by atoms with Gasteiger partial charge in [-0.25, -0.2) is 0 Å². The number of aryl methyl sites for hydroxylation is 2. The quantitative estimate of drug-likeness (QED) is 0.646. The molecule has 1 rings (SSSR count). The zero-order chi connectivity index (χ0) is 9.14. The highest BCUT2D eigenvalue weighted by Gasteiger charge is 2.04. The van der Waals surface area contributed by atoms with Gasteiger partial charge in [-0.3, -0.25) is 4.98 Å². The fraction of sp³-hybridized carbons (Fsp3) is 0.300. The Morgan fingerprint density at radius 3 is 2.67 bits per heavy atom. The maximum Gasteiger partial charge on any atom is 0.0514 e. The fourth-order valence-corrected chi connectivity index (χ4v) is 1.78. The average molecular weight is 179 g/mol. The fourth-order valence-electron chi connectivity index (χ4n) is 1.06. The van der Waals surface area contributed by atoms with Crippen molar-refractivity contribution in [2.45, 2.75) is 25.7 Å². The van der Waals surface area contributed by atoms with E-state index < -0.39 is 0 Å². The Balaban J connectivity index is 3.22. The summed E-state index contributed by atoms with van der Waals surface area (Å²) in [6.07, 6.45) is 1.91. The molecule has 0 bridgehead atoms. The molecule has 12 heavy (non-hydrogen) atoms. The van der Waals surface area contributed by atoms with Gasteiger partial charge >= 0.3 is 0 Å². The lowest BCUT2D eigenvalue weighted by Crippen LogP contribution is -1.91. The molecule has 0 amide bonds. The lowest BCUT2D eigenvalue weighted by molar-refractivity contribution is 1.05. The van der Waals surface area contributed by atoms with Crippen LogP contribution in [0.15, 0.2) is 23.1 Å². The van der Waals surface area contributed by atoms with Gasteiger partial charge in [0.25, 0.3) is 0 Å². The molecule has 0 fully saturated rings. The van der Waals surface area contributed by atoms with Crippen LogP contribution in [0.1, 0.15) is 16.8 Å². The van der Waals surface area contributed by atoms with E-state index in [1.165, 1.54) is 16.0 Å². The third kappa shape index (κ3) is 1.69. The summed E-state index contributed by atoms with van der Waals surface area (Å²) in [7, 11) is 0. The van der Waals surface area contributed by atoms with E-state index in [1.807, 2.05) is 18.5 Å². The van der Waals surface area contributed by atoms with E-state index in [0.29, 0.717) is 0 Å². The summed E-state index contributed by atoms with van der Waals surface area (Å²) in [4.78, 5) is 5.53. The van der Waals surface area contributed by atoms with Crippen LogP contribution in [0.4, 0.5) is 0 Å². The number of rotatable bonds is 2. The molecular formula is C10H13NS. The molecular weight excluding hydrogens is 166 g/mol.